The third-order valence-electron chi connectivity index (χ3n) is 4.72. The van der Waals surface area contributed by atoms with Crippen LogP contribution in [0.3, 0.4) is 0 Å². The van der Waals surface area contributed by atoms with Gasteiger partial charge in [-0.05, 0) is 24.3 Å². The first kappa shape index (κ1) is 20.3. The van der Waals surface area contributed by atoms with Crippen LogP contribution in [0.2, 0.25) is 5.02 Å². The molecule has 150 valence electrons. The van der Waals surface area contributed by atoms with Crippen LogP contribution in [0.1, 0.15) is 24.1 Å². The number of anilines is 1. The largest absolute Gasteiger partial charge is 0.417 e. The van der Waals surface area contributed by atoms with Gasteiger partial charge in [-0.3, -0.25) is 9.88 Å². The van der Waals surface area contributed by atoms with Gasteiger partial charge >= 0.3 is 12.2 Å². The molecule has 0 radical (unpaired) electrons. The summed E-state index contributed by atoms with van der Waals surface area (Å²) in [7, 11) is 1.41. The first-order chi connectivity index (χ1) is 13.1. The number of pyridine rings is 2. The maximum Gasteiger partial charge on any atom is 0.417 e. The van der Waals surface area contributed by atoms with Crippen LogP contribution >= 0.6 is 11.6 Å². The zero-order valence-corrected chi connectivity index (χ0v) is 15.6. The van der Waals surface area contributed by atoms with Gasteiger partial charge in [0.25, 0.3) is 0 Å². The molecule has 3 heterocycles. The summed E-state index contributed by atoms with van der Waals surface area (Å²) >= 11 is 6.04. The normalized spacial score (nSPS) is 16.7. The van der Waals surface area contributed by atoms with Crippen LogP contribution < -0.4 is 4.90 Å². The van der Waals surface area contributed by atoms with E-state index in [0.29, 0.717) is 6.20 Å². The number of halogens is 5. The molecule has 1 fully saturated rings. The van der Waals surface area contributed by atoms with Gasteiger partial charge in [-0.25, -0.2) is 14.2 Å². The van der Waals surface area contributed by atoms with Crippen LogP contribution in [0.25, 0.3) is 0 Å². The van der Waals surface area contributed by atoms with Gasteiger partial charge in [0.15, 0.2) is 5.67 Å². The van der Waals surface area contributed by atoms with Crippen LogP contribution in [0.4, 0.5) is 28.2 Å². The summed E-state index contributed by atoms with van der Waals surface area (Å²) in [6, 6.07) is 4.68. The minimum absolute atomic E-state index is 0.0176. The van der Waals surface area contributed by atoms with E-state index >= 15 is 4.39 Å². The van der Waals surface area contributed by atoms with Crippen molar-refractivity contribution in [2.75, 3.05) is 25.0 Å². The van der Waals surface area contributed by atoms with Crippen molar-refractivity contribution in [3.63, 3.8) is 0 Å². The molecule has 10 heteroatoms. The average molecular weight is 417 g/mol. The van der Waals surface area contributed by atoms with E-state index in [9.17, 15) is 18.0 Å². The Morgan fingerprint density at radius 3 is 2.43 bits per heavy atom. The number of rotatable bonds is 2. The van der Waals surface area contributed by atoms with Crippen LogP contribution in [0.15, 0.2) is 36.7 Å². The molecule has 2 aromatic heterocycles. The Balaban J connectivity index is 1.67. The van der Waals surface area contributed by atoms with E-state index < -0.39 is 23.4 Å². The van der Waals surface area contributed by atoms with Crippen LogP contribution in [0, 0.1) is 0 Å². The van der Waals surface area contributed by atoms with Gasteiger partial charge in [0.05, 0.1) is 16.3 Å². The summed E-state index contributed by atoms with van der Waals surface area (Å²) in [6.45, 7) is 0.237. The zero-order chi connectivity index (χ0) is 20.5. The highest BCUT2D eigenvalue weighted by atomic mass is 35.5. The molecule has 28 heavy (non-hydrogen) atoms. The van der Waals surface area contributed by atoms with Gasteiger partial charge in [0.2, 0.25) is 0 Å². The predicted molar refractivity (Wildman–Crippen MR) is 95.9 cm³/mol. The van der Waals surface area contributed by atoms with Crippen molar-refractivity contribution in [1.82, 2.24) is 14.9 Å². The summed E-state index contributed by atoms with van der Waals surface area (Å²) in [4.78, 5) is 22.9. The van der Waals surface area contributed by atoms with Crippen LogP contribution in [-0.2, 0) is 11.8 Å². The Morgan fingerprint density at radius 2 is 1.89 bits per heavy atom. The van der Waals surface area contributed by atoms with Gasteiger partial charge in [0.1, 0.15) is 5.82 Å². The summed E-state index contributed by atoms with van der Waals surface area (Å²) in [6.07, 6.45) is -2.33. The lowest BCUT2D eigenvalue weighted by Gasteiger charge is -2.37. The van der Waals surface area contributed by atoms with Gasteiger partial charge in [0, 0.05) is 45.4 Å². The fraction of sp³-hybridized carbons (Fsp3) is 0.389. The van der Waals surface area contributed by atoms with Crippen molar-refractivity contribution < 1.29 is 22.4 Å². The molecule has 1 saturated heterocycles. The number of piperidine rings is 1. The van der Waals surface area contributed by atoms with Crippen molar-refractivity contribution in [1.29, 1.82) is 0 Å². The monoisotopic (exact) mass is 416 g/mol. The molecular formula is C18H17ClF4N4O. The van der Waals surface area contributed by atoms with E-state index in [2.05, 4.69) is 9.97 Å². The number of hydrogen-bond donors (Lipinski definition) is 0. The Bertz CT molecular complexity index is 851. The van der Waals surface area contributed by atoms with Crippen LogP contribution in [-0.4, -0.2) is 41.0 Å². The molecule has 0 atom stereocenters. The minimum atomic E-state index is -4.50. The number of alkyl halides is 4. The molecule has 3 rings (SSSR count). The van der Waals surface area contributed by atoms with Crippen molar-refractivity contribution >= 4 is 23.4 Å². The number of carbonyl (C=O) groups excluding carboxylic acids is 1. The number of nitrogens with zero attached hydrogens (tertiary/aromatic N) is 4. The lowest BCUT2D eigenvalue weighted by atomic mass is 9.89. The highest BCUT2D eigenvalue weighted by Gasteiger charge is 2.41. The van der Waals surface area contributed by atoms with Gasteiger partial charge in [-0.1, -0.05) is 11.6 Å². The molecule has 0 N–H and O–H groups in total. The Morgan fingerprint density at radius 1 is 1.21 bits per heavy atom. The molecule has 0 aliphatic carbocycles. The highest BCUT2D eigenvalue weighted by Crippen LogP contribution is 2.39. The fourth-order valence-corrected chi connectivity index (χ4v) is 3.36. The first-order valence-electron chi connectivity index (χ1n) is 8.47. The second-order valence-electron chi connectivity index (χ2n) is 6.53. The maximum absolute atomic E-state index is 15.3. The van der Waals surface area contributed by atoms with E-state index in [1.54, 1.807) is 12.1 Å². The van der Waals surface area contributed by atoms with E-state index in [0.717, 1.165) is 17.0 Å². The zero-order valence-electron chi connectivity index (χ0n) is 14.9. The molecule has 2 amide bonds. The van der Waals surface area contributed by atoms with E-state index in [-0.39, 0.29) is 42.5 Å². The van der Waals surface area contributed by atoms with Crippen molar-refractivity contribution in [2.45, 2.75) is 24.7 Å². The molecule has 1 aliphatic rings. The van der Waals surface area contributed by atoms with Crippen LogP contribution in [0.5, 0.6) is 0 Å². The topological polar surface area (TPSA) is 49.3 Å². The number of urea groups is 1. The van der Waals surface area contributed by atoms with Crippen molar-refractivity contribution in [3.05, 3.63) is 52.9 Å². The third kappa shape index (κ3) is 4.04. The van der Waals surface area contributed by atoms with Crippen molar-refractivity contribution in [2.24, 2.45) is 0 Å². The van der Waals surface area contributed by atoms with E-state index in [1.165, 1.54) is 18.1 Å². The SMILES string of the molecule is CN(C(=O)N1CCC(F)(c2ncccc2Cl)CC1)c1ccc(C(F)(F)F)cn1. The molecule has 0 spiro atoms. The third-order valence-corrected chi connectivity index (χ3v) is 5.02. The molecule has 0 unspecified atom stereocenters. The number of carbonyl (C=O) groups is 1. The molecule has 1 aliphatic heterocycles. The second kappa shape index (κ2) is 7.54. The van der Waals surface area contributed by atoms with E-state index in [1.807, 2.05) is 0 Å². The lowest BCUT2D eigenvalue weighted by molar-refractivity contribution is -0.137. The highest BCUT2D eigenvalue weighted by molar-refractivity contribution is 6.31. The number of hydrogen-bond acceptors (Lipinski definition) is 3. The molecule has 2 aromatic rings. The first-order valence-corrected chi connectivity index (χ1v) is 8.85. The lowest BCUT2D eigenvalue weighted by Crippen LogP contribution is -2.48. The standard InChI is InChI=1S/C18H17ClF4N4O/c1-26(14-5-4-12(11-25-14)18(21,22)23)16(28)27-9-6-17(20,7-10-27)15-13(19)3-2-8-24-15/h2-5,8,11H,6-7,9-10H2,1H3. The quantitative estimate of drug-likeness (QED) is 0.669. The number of likely N-dealkylation sites (tertiary alicyclic amines) is 1. The summed E-state index contributed by atoms with van der Waals surface area (Å²) < 4.78 is 53.2. The van der Waals surface area contributed by atoms with Gasteiger partial charge in [-0.2, -0.15) is 13.2 Å². The Labute approximate surface area is 163 Å². The average Bonchev–Trinajstić information content (AvgIpc) is 2.67. The van der Waals surface area contributed by atoms with Gasteiger partial charge in [-0.15, -0.1) is 0 Å². The second-order valence-corrected chi connectivity index (χ2v) is 6.94. The van der Waals surface area contributed by atoms with Crippen molar-refractivity contribution in [3.8, 4) is 0 Å². The summed E-state index contributed by atoms with van der Waals surface area (Å²) in [5, 5.41) is 0.232. The molecule has 0 bridgehead atoms. The molecule has 0 saturated carbocycles. The smallest absolute Gasteiger partial charge is 0.324 e. The Kier molecular flexibility index (Phi) is 5.47. The predicted octanol–water partition coefficient (Wildman–Crippen LogP) is 4.67. The Hall–Kier alpha value is -2.42. The number of aromatic nitrogens is 2. The maximum atomic E-state index is 15.3. The van der Waals surface area contributed by atoms with Gasteiger partial charge < -0.3 is 4.90 Å². The molecular weight excluding hydrogens is 400 g/mol. The molecule has 5 nitrogen and oxygen atoms in total. The summed E-state index contributed by atoms with van der Waals surface area (Å²) in [5.41, 5.74) is -2.48. The van der Waals surface area contributed by atoms with E-state index in [4.69, 9.17) is 11.6 Å². The minimum Gasteiger partial charge on any atom is -0.324 e. The number of amides is 2. The summed E-state index contributed by atoms with van der Waals surface area (Å²) in [5.74, 6) is 0.0721. The molecule has 0 aromatic carbocycles. The fourth-order valence-electron chi connectivity index (χ4n) is 3.07.